The summed E-state index contributed by atoms with van der Waals surface area (Å²) in [6.07, 6.45) is 6.13. The molecule has 0 amide bonds. The van der Waals surface area contributed by atoms with Gasteiger partial charge in [-0.3, -0.25) is 4.79 Å². The van der Waals surface area contributed by atoms with Crippen LogP contribution in [0.2, 0.25) is 0 Å². The number of carbonyl (C=O) groups excluding carboxylic acids is 1. The average Bonchev–Trinajstić information content (AvgIpc) is 3.14. The molecule has 1 aliphatic carbocycles. The van der Waals surface area contributed by atoms with E-state index in [0.717, 1.165) is 17.1 Å². The van der Waals surface area contributed by atoms with E-state index in [1.165, 1.54) is 30.2 Å². The molecule has 17 heavy (non-hydrogen) atoms. The lowest BCUT2D eigenvalue weighted by atomic mass is 10.3. The van der Waals surface area contributed by atoms with Crippen molar-refractivity contribution in [3.8, 4) is 5.75 Å². The van der Waals surface area contributed by atoms with Gasteiger partial charge in [-0.1, -0.05) is 23.8 Å². The minimum atomic E-state index is 0.201. The van der Waals surface area contributed by atoms with E-state index in [0.29, 0.717) is 6.42 Å². The van der Waals surface area contributed by atoms with E-state index in [9.17, 15) is 4.79 Å². The maximum absolute atomic E-state index is 11.8. The molecule has 1 aromatic rings. The van der Waals surface area contributed by atoms with Crippen molar-refractivity contribution >= 4 is 16.9 Å². The molecule has 1 aliphatic rings. The third-order valence-electron chi connectivity index (χ3n) is 2.61. The molecule has 2 nitrogen and oxygen atoms in total. The number of hydrogen-bond acceptors (Lipinski definition) is 3. The van der Waals surface area contributed by atoms with Crippen molar-refractivity contribution in [2.24, 2.45) is 0 Å². The molecular formula is C14H16O2S. The Labute approximate surface area is 106 Å². The third-order valence-corrected chi connectivity index (χ3v) is 3.60. The van der Waals surface area contributed by atoms with Gasteiger partial charge in [0.15, 0.2) is 5.12 Å². The SMILES string of the molecule is COc1ccccc1SC(=O)CCC=C1CC1. The van der Waals surface area contributed by atoms with Crippen LogP contribution in [0.15, 0.2) is 40.8 Å². The third kappa shape index (κ3) is 3.93. The van der Waals surface area contributed by atoms with Crippen LogP contribution >= 0.6 is 11.8 Å². The predicted molar refractivity (Wildman–Crippen MR) is 70.4 cm³/mol. The minimum Gasteiger partial charge on any atom is -0.496 e. The Morgan fingerprint density at radius 2 is 2.18 bits per heavy atom. The van der Waals surface area contributed by atoms with E-state index in [1.807, 2.05) is 24.3 Å². The lowest BCUT2D eigenvalue weighted by Crippen LogP contribution is -1.92. The molecule has 0 saturated heterocycles. The number of para-hydroxylation sites is 1. The maximum Gasteiger partial charge on any atom is 0.194 e. The zero-order valence-corrected chi connectivity index (χ0v) is 10.8. The predicted octanol–water partition coefficient (Wildman–Crippen LogP) is 3.81. The fourth-order valence-corrected chi connectivity index (χ4v) is 2.41. The van der Waals surface area contributed by atoms with Gasteiger partial charge in [-0.2, -0.15) is 0 Å². The monoisotopic (exact) mass is 248 g/mol. The summed E-state index contributed by atoms with van der Waals surface area (Å²) in [6, 6.07) is 7.62. The maximum atomic E-state index is 11.8. The zero-order chi connectivity index (χ0) is 12.1. The molecule has 0 heterocycles. The summed E-state index contributed by atoms with van der Waals surface area (Å²) < 4.78 is 5.21. The number of thioether (sulfide) groups is 1. The van der Waals surface area contributed by atoms with Gasteiger partial charge < -0.3 is 4.74 Å². The van der Waals surface area contributed by atoms with Crippen LogP contribution in [0.4, 0.5) is 0 Å². The van der Waals surface area contributed by atoms with Gasteiger partial charge in [-0.25, -0.2) is 0 Å². The molecule has 0 aromatic heterocycles. The van der Waals surface area contributed by atoms with E-state index >= 15 is 0 Å². The highest BCUT2D eigenvalue weighted by Gasteiger charge is 2.11. The van der Waals surface area contributed by atoms with Gasteiger partial charge in [0, 0.05) is 6.42 Å². The van der Waals surface area contributed by atoms with Gasteiger partial charge >= 0.3 is 0 Å². The van der Waals surface area contributed by atoms with Crippen molar-refractivity contribution in [2.75, 3.05) is 7.11 Å². The molecule has 0 bridgehead atoms. The molecule has 1 fully saturated rings. The molecule has 1 saturated carbocycles. The Balaban J connectivity index is 1.86. The van der Waals surface area contributed by atoms with Crippen LogP contribution in [0.25, 0.3) is 0 Å². The summed E-state index contributed by atoms with van der Waals surface area (Å²) in [4.78, 5) is 12.7. The van der Waals surface area contributed by atoms with Gasteiger partial charge in [-0.05, 0) is 43.2 Å². The van der Waals surface area contributed by atoms with Crippen LogP contribution in [0.5, 0.6) is 5.75 Å². The Bertz CT molecular complexity index is 432. The van der Waals surface area contributed by atoms with Gasteiger partial charge in [-0.15, -0.1) is 0 Å². The quantitative estimate of drug-likeness (QED) is 0.585. The number of benzene rings is 1. The number of methoxy groups -OCH3 is 1. The number of rotatable bonds is 5. The zero-order valence-electron chi connectivity index (χ0n) is 9.94. The lowest BCUT2D eigenvalue weighted by molar-refractivity contribution is -0.110. The first-order chi connectivity index (χ1) is 8.29. The van der Waals surface area contributed by atoms with Crippen molar-refractivity contribution < 1.29 is 9.53 Å². The van der Waals surface area contributed by atoms with Crippen LogP contribution in [-0.4, -0.2) is 12.2 Å². The molecule has 1 aromatic carbocycles. The first-order valence-corrected chi connectivity index (χ1v) is 6.63. The van der Waals surface area contributed by atoms with Crippen molar-refractivity contribution in [3.63, 3.8) is 0 Å². The van der Waals surface area contributed by atoms with Crippen molar-refractivity contribution in [1.29, 1.82) is 0 Å². The molecule has 0 aliphatic heterocycles. The van der Waals surface area contributed by atoms with Crippen LogP contribution < -0.4 is 4.74 Å². The molecule has 0 radical (unpaired) electrons. The van der Waals surface area contributed by atoms with Crippen LogP contribution in [0.3, 0.4) is 0 Å². The summed E-state index contributed by atoms with van der Waals surface area (Å²) in [5, 5.41) is 0.201. The van der Waals surface area contributed by atoms with Gasteiger partial charge in [0.1, 0.15) is 5.75 Å². The highest BCUT2D eigenvalue weighted by atomic mass is 32.2. The minimum absolute atomic E-state index is 0.201. The van der Waals surface area contributed by atoms with Gasteiger partial charge in [0.05, 0.1) is 12.0 Å². The van der Waals surface area contributed by atoms with Crippen LogP contribution in [-0.2, 0) is 4.79 Å². The standard InChI is InChI=1S/C14H16O2S/c1-16-12-6-2-3-7-13(12)17-14(15)8-4-5-11-9-10-11/h2-3,5-7H,4,8-10H2,1H3. The van der Waals surface area contributed by atoms with E-state index in [2.05, 4.69) is 6.08 Å². The van der Waals surface area contributed by atoms with E-state index in [1.54, 1.807) is 7.11 Å². The highest BCUT2D eigenvalue weighted by Crippen LogP contribution is 2.31. The second-order valence-electron chi connectivity index (χ2n) is 4.03. The topological polar surface area (TPSA) is 26.3 Å². The Morgan fingerprint density at radius 3 is 2.88 bits per heavy atom. The van der Waals surface area contributed by atoms with Crippen LogP contribution in [0, 0.1) is 0 Å². The van der Waals surface area contributed by atoms with Crippen molar-refractivity contribution in [3.05, 3.63) is 35.9 Å². The van der Waals surface area contributed by atoms with E-state index in [4.69, 9.17) is 4.74 Å². The van der Waals surface area contributed by atoms with Gasteiger partial charge in [0.2, 0.25) is 0 Å². The van der Waals surface area contributed by atoms with Crippen molar-refractivity contribution in [2.45, 2.75) is 30.6 Å². The summed E-state index contributed by atoms with van der Waals surface area (Å²) >= 11 is 1.27. The summed E-state index contributed by atoms with van der Waals surface area (Å²) in [5.74, 6) is 0.770. The Morgan fingerprint density at radius 1 is 1.41 bits per heavy atom. The molecule has 2 rings (SSSR count). The van der Waals surface area contributed by atoms with Crippen LogP contribution in [0.1, 0.15) is 25.7 Å². The first kappa shape index (κ1) is 12.2. The van der Waals surface area contributed by atoms with E-state index in [-0.39, 0.29) is 5.12 Å². The number of allylic oxidation sites excluding steroid dienone is 2. The molecule has 90 valence electrons. The largest absolute Gasteiger partial charge is 0.496 e. The highest BCUT2D eigenvalue weighted by molar-refractivity contribution is 8.13. The molecule has 3 heteroatoms. The normalized spacial score (nSPS) is 13.4. The number of hydrogen-bond donors (Lipinski definition) is 0. The van der Waals surface area contributed by atoms with E-state index < -0.39 is 0 Å². The fourth-order valence-electron chi connectivity index (χ4n) is 1.55. The Kier molecular flexibility index (Phi) is 4.26. The number of ether oxygens (including phenoxy) is 1. The Hall–Kier alpha value is -1.22. The summed E-state index contributed by atoms with van der Waals surface area (Å²) in [6.45, 7) is 0. The second-order valence-corrected chi connectivity index (χ2v) is 5.13. The molecule has 0 N–H and O–H groups in total. The first-order valence-electron chi connectivity index (χ1n) is 5.81. The molecule has 0 unspecified atom stereocenters. The smallest absolute Gasteiger partial charge is 0.194 e. The lowest BCUT2D eigenvalue weighted by Gasteiger charge is -2.05. The molecular weight excluding hydrogens is 232 g/mol. The molecule has 0 atom stereocenters. The second kappa shape index (κ2) is 5.92. The molecule has 0 spiro atoms. The van der Waals surface area contributed by atoms with Crippen molar-refractivity contribution in [1.82, 2.24) is 0 Å². The van der Waals surface area contributed by atoms with Gasteiger partial charge in [0.25, 0.3) is 0 Å². The fraction of sp³-hybridized carbons (Fsp3) is 0.357. The summed E-state index contributed by atoms with van der Waals surface area (Å²) in [7, 11) is 1.63. The summed E-state index contributed by atoms with van der Waals surface area (Å²) in [5.41, 5.74) is 1.50. The average molecular weight is 248 g/mol. The number of carbonyl (C=O) groups is 1.